The van der Waals surface area contributed by atoms with Crippen molar-refractivity contribution in [3.8, 4) is 16.9 Å². The number of aryl methyl sites for hydroxylation is 3. The third-order valence-corrected chi connectivity index (χ3v) is 9.73. The number of hydrogen-bond donors (Lipinski definition) is 2. The third kappa shape index (κ3) is 6.70. The SMILES string of the molecule is Cc1nc2n[nH]c(C)c2c(C)c1-c1cc(C=C2SC(=S)N(CCc3ccc(C(=O)O)cc3)C2=O)ccc1OCCN1CCOCC1. The molecular weight excluding hydrogens is 623 g/mol. The molecule has 10 nitrogen and oxygen atoms in total. The summed E-state index contributed by atoms with van der Waals surface area (Å²) in [6.45, 7) is 11.0. The van der Waals surface area contributed by atoms with E-state index in [2.05, 4.69) is 28.1 Å². The largest absolute Gasteiger partial charge is 0.492 e. The highest BCUT2D eigenvalue weighted by Crippen LogP contribution is 2.39. The maximum Gasteiger partial charge on any atom is 0.335 e. The second-order valence-electron chi connectivity index (χ2n) is 11.4. The molecule has 1 amide bonds. The number of thioether (sulfide) groups is 1. The topological polar surface area (TPSA) is 121 Å². The number of thiocarbonyl (C=S) groups is 1. The van der Waals surface area contributed by atoms with Crippen molar-refractivity contribution in [1.82, 2.24) is 25.0 Å². The maximum absolute atomic E-state index is 13.5. The Hall–Kier alpha value is -4.10. The number of H-pyrrole nitrogens is 1. The highest BCUT2D eigenvalue weighted by Gasteiger charge is 2.32. The number of amides is 1. The van der Waals surface area contributed by atoms with Crippen molar-refractivity contribution in [1.29, 1.82) is 0 Å². The summed E-state index contributed by atoms with van der Waals surface area (Å²) >= 11 is 6.87. The summed E-state index contributed by atoms with van der Waals surface area (Å²) in [5, 5.41) is 17.6. The van der Waals surface area contributed by atoms with Gasteiger partial charge in [0.2, 0.25) is 0 Å². The van der Waals surface area contributed by atoms with E-state index in [0.29, 0.717) is 34.4 Å². The van der Waals surface area contributed by atoms with Crippen LogP contribution < -0.4 is 4.74 Å². The van der Waals surface area contributed by atoms with E-state index in [1.807, 2.05) is 32.1 Å². The van der Waals surface area contributed by atoms with Gasteiger partial charge in [0.25, 0.3) is 5.91 Å². The van der Waals surface area contributed by atoms with Crippen LogP contribution in [0.5, 0.6) is 5.75 Å². The van der Waals surface area contributed by atoms with Gasteiger partial charge in [0.1, 0.15) is 16.7 Å². The van der Waals surface area contributed by atoms with Crippen molar-refractivity contribution in [3.63, 3.8) is 0 Å². The van der Waals surface area contributed by atoms with Gasteiger partial charge in [-0.25, -0.2) is 9.78 Å². The number of nitrogens with zero attached hydrogens (tertiary/aromatic N) is 4. The normalized spacial score (nSPS) is 16.6. The number of nitrogens with one attached hydrogen (secondary N) is 1. The summed E-state index contributed by atoms with van der Waals surface area (Å²) in [5.41, 5.74) is 7.44. The van der Waals surface area contributed by atoms with Gasteiger partial charge in [0.15, 0.2) is 5.65 Å². The van der Waals surface area contributed by atoms with Gasteiger partial charge >= 0.3 is 5.97 Å². The Morgan fingerprint density at radius 1 is 1.13 bits per heavy atom. The van der Waals surface area contributed by atoms with Gasteiger partial charge in [-0.2, -0.15) is 5.10 Å². The number of benzene rings is 2. The lowest BCUT2D eigenvalue weighted by Gasteiger charge is -2.26. The van der Waals surface area contributed by atoms with Crippen molar-refractivity contribution >= 4 is 57.3 Å². The fourth-order valence-corrected chi connectivity index (χ4v) is 7.23. The summed E-state index contributed by atoms with van der Waals surface area (Å²) in [6.07, 6.45) is 2.43. The molecule has 2 aromatic carbocycles. The van der Waals surface area contributed by atoms with Crippen LogP contribution in [0, 0.1) is 20.8 Å². The van der Waals surface area contributed by atoms with Gasteiger partial charge in [-0.05, 0) is 74.2 Å². The van der Waals surface area contributed by atoms with E-state index in [1.165, 1.54) is 11.8 Å². The second kappa shape index (κ2) is 13.7. The van der Waals surface area contributed by atoms with E-state index in [1.54, 1.807) is 29.2 Å². The van der Waals surface area contributed by atoms with Crippen LogP contribution in [0.1, 0.15) is 38.4 Å². The van der Waals surface area contributed by atoms with Crippen LogP contribution >= 0.6 is 24.0 Å². The van der Waals surface area contributed by atoms with E-state index in [-0.39, 0.29) is 11.5 Å². The van der Waals surface area contributed by atoms with Crippen LogP contribution in [0.15, 0.2) is 47.4 Å². The maximum atomic E-state index is 13.5. The number of carboxylic acids is 1. The predicted molar refractivity (Wildman–Crippen MR) is 183 cm³/mol. The molecule has 2 aliphatic rings. The first-order valence-corrected chi connectivity index (χ1v) is 16.4. The number of aromatic amines is 1. The molecule has 2 fully saturated rings. The van der Waals surface area contributed by atoms with Gasteiger partial charge in [-0.15, -0.1) is 0 Å². The van der Waals surface area contributed by atoms with Crippen molar-refractivity contribution < 1.29 is 24.2 Å². The summed E-state index contributed by atoms with van der Waals surface area (Å²) in [7, 11) is 0. The zero-order valence-electron chi connectivity index (χ0n) is 26.0. The number of pyridine rings is 1. The molecule has 0 saturated carbocycles. The number of hydrogen-bond acceptors (Lipinski definition) is 9. The van der Waals surface area contributed by atoms with Gasteiger partial charge in [0, 0.05) is 54.1 Å². The fourth-order valence-electron chi connectivity index (χ4n) is 5.92. The molecule has 0 unspecified atom stereocenters. The summed E-state index contributed by atoms with van der Waals surface area (Å²) in [5.74, 6) is -0.363. The highest BCUT2D eigenvalue weighted by atomic mass is 32.2. The molecule has 0 bridgehead atoms. The molecule has 2 aromatic heterocycles. The van der Waals surface area contributed by atoms with Gasteiger partial charge in [-0.1, -0.05) is 42.2 Å². The van der Waals surface area contributed by atoms with Crippen LogP contribution in [0.3, 0.4) is 0 Å². The molecular formula is C34H35N5O5S2. The number of carbonyl (C=O) groups is 2. The van der Waals surface area contributed by atoms with Crippen molar-refractivity contribution in [2.24, 2.45) is 0 Å². The number of morpholine rings is 1. The Morgan fingerprint density at radius 3 is 2.63 bits per heavy atom. The number of aromatic nitrogens is 3. The lowest BCUT2D eigenvalue weighted by Crippen LogP contribution is -2.38. The van der Waals surface area contributed by atoms with Crippen LogP contribution in [-0.2, 0) is 16.0 Å². The highest BCUT2D eigenvalue weighted by molar-refractivity contribution is 8.26. The van der Waals surface area contributed by atoms with Crippen molar-refractivity contribution in [2.75, 3.05) is 46.0 Å². The summed E-state index contributed by atoms with van der Waals surface area (Å²) in [4.78, 5) is 33.9. The standard InChI is InChI=1S/C34H35N5O5S2/c1-20-29(21(2)35-31-30(20)22(3)36-37-31)26-18-24(6-9-27(26)44-17-14-38-12-15-43-16-13-38)19-28-32(40)39(34(45)46-28)11-10-23-4-7-25(8-5-23)33(41)42/h4-9,18-19H,10-17H2,1-3H3,(H,41,42)(H,35,36,37). The minimum absolute atomic E-state index is 0.144. The van der Waals surface area contributed by atoms with E-state index >= 15 is 0 Å². The second-order valence-corrected chi connectivity index (χ2v) is 13.1. The Kier molecular flexibility index (Phi) is 9.50. The van der Waals surface area contributed by atoms with Crippen LogP contribution in [0.4, 0.5) is 0 Å². The molecule has 2 N–H and O–H groups in total. The summed E-state index contributed by atoms with van der Waals surface area (Å²) in [6, 6.07) is 12.7. The van der Waals surface area contributed by atoms with Gasteiger partial charge in [-0.3, -0.25) is 19.7 Å². The first-order chi connectivity index (χ1) is 22.2. The van der Waals surface area contributed by atoms with E-state index in [4.69, 9.17) is 31.8 Å². The molecule has 6 rings (SSSR count). The number of ether oxygens (including phenoxy) is 2. The number of aromatic carboxylic acids is 1. The Bertz CT molecular complexity index is 1850. The lowest BCUT2D eigenvalue weighted by atomic mass is 9.94. The summed E-state index contributed by atoms with van der Waals surface area (Å²) < 4.78 is 12.4. The smallest absolute Gasteiger partial charge is 0.335 e. The van der Waals surface area contributed by atoms with E-state index in [9.17, 15) is 9.59 Å². The molecule has 0 atom stereocenters. The average Bonchev–Trinajstić information content (AvgIpc) is 3.54. The van der Waals surface area contributed by atoms with Gasteiger partial charge < -0.3 is 14.6 Å². The molecule has 0 spiro atoms. The zero-order chi connectivity index (χ0) is 32.4. The van der Waals surface area contributed by atoms with Crippen LogP contribution in [-0.4, -0.2) is 92.3 Å². The average molecular weight is 658 g/mol. The van der Waals surface area contributed by atoms with Crippen LogP contribution in [0.25, 0.3) is 28.2 Å². The quantitative estimate of drug-likeness (QED) is 0.169. The van der Waals surface area contributed by atoms with Crippen molar-refractivity contribution in [3.05, 3.63) is 81.0 Å². The molecule has 2 aliphatic heterocycles. The molecule has 4 heterocycles. The monoisotopic (exact) mass is 657 g/mol. The molecule has 46 heavy (non-hydrogen) atoms. The lowest BCUT2D eigenvalue weighted by molar-refractivity contribution is -0.122. The third-order valence-electron chi connectivity index (χ3n) is 8.35. The Labute approximate surface area is 276 Å². The molecule has 0 radical (unpaired) electrons. The van der Waals surface area contributed by atoms with Crippen LogP contribution in [0.2, 0.25) is 0 Å². The number of rotatable bonds is 10. The number of carbonyl (C=O) groups excluding carboxylic acids is 1. The predicted octanol–water partition coefficient (Wildman–Crippen LogP) is 5.40. The fraction of sp³-hybridized carbons (Fsp3) is 0.324. The Morgan fingerprint density at radius 2 is 1.89 bits per heavy atom. The Balaban J connectivity index is 1.27. The molecule has 2 saturated heterocycles. The minimum Gasteiger partial charge on any atom is -0.492 e. The minimum atomic E-state index is -0.969. The molecule has 12 heteroatoms. The van der Waals surface area contributed by atoms with E-state index < -0.39 is 5.97 Å². The zero-order valence-corrected chi connectivity index (χ0v) is 27.6. The van der Waals surface area contributed by atoms with Crippen molar-refractivity contribution in [2.45, 2.75) is 27.2 Å². The molecule has 238 valence electrons. The molecule has 0 aliphatic carbocycles. The van der Waals surface area contributed by atoms with E-state index in [0.717, 1.165) is 83.2 Å². The molecule has 4 aromatic rings. The first-order valence-electron chi connectivity index (χ1n) is 15.2. The first kappa shape index (κ1) is 31.9. The number of fused-ring (bicyclic) bond motifs is 1. The van der Waals surface area contributed by atoms with Gasteiger partial charge in [0.05, 0.1) is 23.7 Å². The number of carboxylic acid groups (broad SMARTS) is 1.